The van der Waals surface area contributed by atoms with Crippen LogP contribution >= 0.6 is 0 Å². The third-order valence-electron chi connectivity index (χ3n) is 3.82. The fourth-order valence-corrected chi connectivity index (χ4v) is 2.91. The van der Waals surface area contributed by atoms with Crippen molar-refractivity contribution in [2.75, 3.05) is 13.6 Å². The molecule has 2 aliphatic rings. The van der Waals surface area contributed by atoms with Crippen LogP contribution in [-0.4, -0.2) is 30.3 Å². The molecule has 0 radical (unpaired) electrons. The van der Waals surface area contributed by atoms with Gasteiger partial charge in [-0.2, -0.15) is 0 Å². The molecule has 0 amide bonds. The zero-order chi connectivity index (χ0) is 10.4. The Hall–Kier alpha value is -1.15. The third-order valence-corrected chi connectivity index (χ3v) is 3.82. The fourth-order valence-electron chi connectivity index (χ4n) is 2.91. The summed E-state index contributed by atoms with van der Waals surface area (Å²) < 4.78 is 0. The van der Waals surface area contributed by atoms with Crippen molar-refractivity contribution >= 4 is 5.78 Å². The molecular formula is C13H15NO. The van der Waals surface area contributed by atoms with E-state index in [9.17, 15) is 4.79 Å². The molecule has 1 aliphatic carbocycles. The minimum absolute atomic E-state index is 0.138. The standard InChI is InChI=1S/C13H15NO/c1-14-7-6-11-10-5-3-2-4-9(10)8-12(14)13(11)15/h2-5,11-12H,6-8H2,1H3/t11-,12+/m1/s1. The minimum atomic E-state index is 0.138. The Kier molecular flexibility index (Phi) is 1.93. The lowest BCUT2D eigenvalue weighted by molar-refractivity contribution is -0.128. The van der Waals surface area contributed by atoms with Crippen molar-refractivity contribution in [1.82, 2.24) is 4.90 Å². The molecule has 2 heteroatoms. The number of likely N-dealkylation sites (N-methyl/N-ethyl adjacent to an activating group) is 1. The van der Waals surface area contributed by atoms with E-state index in [0.717, 1.165) is 19.4 Å². The van der Waals surface area contributed by atoms with Crippen molar-refractivity contribution < 1.29 is 4.79 Å². The monoisotopic (exact) mass is 201 g/mol. The van der Waals surface area contributed by atoms with Crippen LogP contribution in [0.2, 0.25) is 0 Å². The van der Waals surface area contributed by atoms with Crippen molar-refractivity contribution in [1.29, 1.82) is 0 Å². The predicted octanol–water partition coefficient (Wildman–Crippen LogP) is 1.60. The maximum Gasteiger partial charge on any atom is 0.157 e. The van der Waals surface area contributed by atoms with Crippen LogP contribution in [0.4, 0.5) is 0 Å². The smallest absolute Gasteiger partial charge is 0.157 e. The van der Waals surface area contributed by atoms with Gasteiger partial charge in [0.1, 0.15) is 0 Å². The molecule has 78 valence electrons. The van der Waals surface area contributed by atoms with E-state index in [-0.39, 0.29) is 12.0 Å². The molecule has 1 aromatic rings. The first-order chi connectivity index (χ1) is 7.27. The van der Waals surface area contributed by atoms with E-state index >= 15 is 0 Å². The summed E-state index contributed by atoms with van der Waals surface area (Å²) in [5, 5.41) is 0. The van der Waals surface area contributed by atoms with Gasteiger partial charge in [0.05, 0.1) is 6.04 Å². The summed E-state index contributed by atoms with van der Waals surface area (Å²) in [4.78, 5) is 14.3. The summed E-state index contributed by atoms with van der Waals surface area (Å²) in [7, 11) is 2.06. The van der Waals surface area contributed by atoms with Crippen molar-refractivity contribution in [3.63, 3.8) is 0 Å². The van der Waals surface area contributed by atoms with E-state index in [2.05, 4.69) is 30.1 Å². The van der Waals surface area contributed by atoms with E-state index in [0.29, 0.717) is 5.78 Å². The van der Waals surface area contributed by atoms with Gasteiger partial charge in [-0.1, -0.05) is 24.3 Å². The Bertz CT molecular complexity index is 413. The number of hydrogen-bond acceptors (Lipinski definition) is 2. The first-order valence-electron chi connectivity index (χ1n) is 5.59. The quantitative estimate of drug-likeness (QED) is 0.635. The van der Waals surface area contributed by atoms with Gasteiger partial charge in [-0.05, 0) is 37.6 Å². The highest BCUT2D eigenvalue weighted by Gasteiger charge is 2.40. The number of hydrogen-bond donors (Lipinski definition) is 0. The average Bonchev–Trinajstić information content (AvgIpc) is 2.24. The molecule has 0 aromatic heterocycles. The number of piperidine rings is 1. The highest BCUT2D eigenvalue weighted by atomic mass is 16.1. The van der Waals surface area contributed by atoms with Gasteiger partial charge < -0.3 is 0 Å². The number of Topliss-reactive ketones (excluding diaryl/α,β-unsaturated/α-hetero) is 1. The zero-order valence-corrected chi connectivity index (χ0v) is 8.94. The number of rotatable bonds is 0. The van der Waals surface area contributed by atoms with Gasteiger partial charge in [-0.15, -0.1) is 0 Å². The lowest BCUT2D eigenvalue weighted by Crippen LogP contribution is -2.50. The van der Waals surface area contributed by atoms with Gasteiger partial charge in [0.25, 0.3) is 0 Å². The zero-order valence-electron chi connectivity index (χ0n) is 8.94. The molecule has 0 N–H and O–H groups in total. The molecule has 0 unspecified atom stereocenters. The van der Waals surface area contributed by atoms with Crippen LogP contribution in [-0.2, 0) is 11.2 Å². The summed E-state index contributed by atoms with van der Waals surface area (Å²) >= 11 is 0. The highest BCUT2D eigenvalue weighted by Crippen LogP contribution is 2.36. The lowest BCUT2D eigenvalue weighted by atomic mass is 9.74. The molecule has 1 heterocycles. The Morgan fingerprint density at radius 2 is 2.13 bits per heavy atom. The number of nitrogens with zero attached hydrogens (tertiary/aromatic N) is 1. The number of fused-ring (bicyclic) bond motifs is 4. The maximum absolute atomic E-state index is 12.1. The number of carbonyl (C=O) groups excluding carboxylic acids is 1. The van der Waals surface area contributed by atoms with Crippen molar-refractivity contribution in [3.8, 4) is 0 Å². The molecule has 1 aromatic carbocycles. The van der Waals surface area contributed by atoms with E-state index in [1.54, 1.807) is 0 Å². The summed E-state index contributed by atoms with van der Waals surface area (Å²) in [6.07, 6.45) is 1.89. The van der Waals surface area contributed by atoms with E-state index in [1.165, 1.54) is 11.1 Å². The van der Waals surface area contributed by atoms with Crippen LogP contribution in [0, 0.1) is 0 Å². The van der Waals surface area contributed by atoms with Gasteiger partial charge in [0, 0.05) is 5.92 Å². The number of benzene rings is 1. The van der Waals surface area contributed by atoms with Crippen LogP contribution in [0.15, 0.2) is 24.3 Å². The fraction of sp³-hybridized carbons (Fsp3) is 0.462. The second-order valence-electron chi connectivity index (χ2n) is 4.64. The molecule has 1 aliphatic heterocycles. The van der Waals surface area contributed by atoms with E-state index < -0.39 is 0 Å². The van der Waals surface area contributed by atoms with Crippen molar-refractivity contribution in [3.05, 3.63) is 35.4 Å². The number of carbonyl (C=O) groups is 1. The van der Waals surface area contributed by atoms with Gasteiger partial charge in [0.2, 0.25) is 0 Å². The SMILES string of the molecule is CN1CC[C@H]2C(=O)[C@@H]1Cc1ccccc12. The molecule has 2 nitrogen and oxygen atoms in total. The van der Waals surface area contributed by atoms with Crippen LogP contribution < -0.4 is 0 Å². The molecule has 2 bridgehead atoms. The molecular weight excluding hydrogens is 186 g/mol. The topological polar surface area (TPSA) is 20.3 Å². The summed E-state index contributed by atoms with van der Waals surface area (Å²) in [6.45, 7) is 1.05. The van der Waals surface area contributed by atoms with Crippen LogP contribution in [0.5, 0.6) is 0 Å². The first kappa shape index (κ1) is 9.10. The van der Waals surface area contributed by atoms with Gasteiger partial charge in [-0.25, -0.2) is 0 Å². The molecule has 1 fully saturated rings. The van der Waals surface area contributed by atoms with E-state index in [4.69, 9.17) is 0 Å². The number of ketones is 1. The predicted molar refractivity (Wildman–Crippen MR) is 58.9 cm³/mol. The van der Waals surface area contributed by atoms with Gasteiger partial charge in [0.15, 0.2) is 5.78 Å². The Morgan fingerprint density at radius 3 is 3.00 bits per heavy atom. The lowest BCUT2D eigenvalue weighted by Gasteiger charge is -2.40. The first-order valence-corrected chi connectivity index (χ1v) is 5.59. The maximum atomic E-state index is 12.1. The summed E-state index contributed by atoms with van der Waals surface area (Å²) in [5.41, 5.74) is 2.66. The van der Waals surface area contributed by atoms with Crippen LogP contribution in [0.3, 0.4) is 0 Å². The number of likely N-dealkylation sites (tertiary alicyclic amines) is 1. The minimum Gasteiger partial charge on any atom is -0.297 e. The normalized spacial score (nSPS) is 30.1. The Labute approximate surface area is 89.9 Å². The Balaban J connectivity index is 2.10. The largest absolute Gasteiger partial charge is 0.297 e. The van der Waals surface area contributed by atoms with Crippen LogP contribution in [0.1, 0.15) is 23.5 Å². The van der Waals surface area contributed by atoms with Gasteiger partial charge in [-0.3, -0.25) is 9.69 Å². The highest BCUT2D eigenvalue weighted by molar-refractivity contribution is 5.93. The second kappa shape index (κ2) is 3.17. The molecule has 2 atom stereocenters. The Morgan fingerprint density at radius 1 is 1.33 bits per heavy atom. The average molecular weight is 201 g/mol. The van der Waals surface area contributed by atoms with Crippen molar-refractivity contribution in [2.45, 2.75) is 24.8 Å². The second-order valence-corrected chi connectivity index (χ2v) is 4.64. The molecule has 1 saturated heterocycles. The summed E-state index contributed by atoms with van der Waals surface area (Å²) in [5.74, 6) is 0.610. The van der Waals surface area contributed by atoms with Gasteiger partial charge >= 0.3 is 0 Å². The van der Waals surface area contributed by atoms with E-state index in [1.807, 2.05) is 6.07 Å². The molecule has 15 heavy (non-hydrogen) atoms. The molecule has 0 spiro atoms. The molecule has 3 rings (SSSR count). The van der Waals surface area contributed by atoms with Crippen LogP contribution in [0.25, 0.3) is 0 Å². The van der Waals surface area contributed by atoms with Crippen molar-refractivity contribution in [2.24, 2.45) is 0 Å². The third kappa shape index (κ3) is 1.25. The molecule has 0 saturated carbocycles. The summed E-state index contributed by atoms with van der Waals surface area (Å²) in [6, 6.07) is 8.55.